The summed E-state index contributed by atoms with van der Waals surface area (Å²) in [5, 5.41) is 11.7. The summed E-state index contributed by atoms with van der Waals surface area (Å²) >= 11 is 0. The van der Waals surface area contributed by atoms with E-state index in [9.17, 15) is 10.0 Å². The number of ether oxygens (including phenoxy) is 1. The number of carbonyl (C=O) groups is 1. The Morgan fingerprint density at radius 3 is 2.04 bits per heavy atom. The van der Waals surface area contributed by atoms with E-state index in [0.717, 1.165) is 22.3 Å². The van der Waals surface area contributed by atoms with Crippen LogP contribution in [0.15, 0.2) is 72.9 Å². The van der Waals surface area contributed by atoms with Crippen LogP contribution in [0.25, 0.3) is 11.1 Å². The van der Waals surface area contributed by atoms with E-state index in [1.54, 1.807) is 12.1 Å². The second-order valence-electron chi connectivity index (χ2n) is 5.37. The van der Waals surface area contributed by atoms with E-state index in [1.165, 1.54) is 12.3 Å². The standard InChI is InChI=1S/C19H13NO3/c21-19(17-11-5-6-12-20(17)22)23-18-15-9-3-1-7-13(15)14-8-2-4-10-16(14)18/h1-12,18H. The quantitative estimate of drug-likeness (QED) is 0.415. The van der Waals surface area contributed by atoms with E-state index in [-0.39, 0.29) is 5.69 Å². The fourth-order valence-corrected chi connectivity index (χ4v) is 2.99. The Bertz CT molecular complexity index is 859. The van der Waals surface area contributed by atoms with Gasteiger partial charge in [0.05, 0.1) is 0 Å². The molecule has 0 spiro atoms. The van der Waals surface area contributed by atoms with Gasteiger partial charge in [-0.2, -0.15) is 4.73 Å². The van der Waals surface area contributed by atoms with Crippen LogP contribution in [0.4, 0.5) is 0 Å². The maximum absolute atomic E-state index is 12.4. The van der Waals surface area contributed by atoms with E-state index in [0.29, 0.717) is 4.73 Å². The topological polar surface area (TPSA) is 53.2 Å². The molecule has 3 aromatic rings. The summed E-state index contributed by atoms with van der Waals surface area (Å²) < 4.78 is 6.19. The highest BCUT2D eigenvalue weighted by Gasteiger charge is 2.32. The molecule has 4 rings (SSSR count). The number of pyridine rings is 1. The molecule has 0 saturated heterocycles. The van der Waals surface area contributed by atoms with E-state index in [2.05, 4.69) is 0 Å². The van der Waals surface area contributed by atoms with Gasteiger partial charge in [-0.05, 0) is 17.2 Å². The predicted molar refractivity (Wildman–Crippen MR) is 84.5 cm³/mol. The van der Waals surface area contributed by atoms with E-state index in [4.69, 9.17) is 4.74 Å². The highest BCUT2D eigenvalue weighted by atomic mass is 16.6. The smallest absolute Gasteiger partial charge is 0.405 e. The molecule has 4 heteroatoms. The van der Waals surface area contributed by atoms with Crippen LogP contribution in [0.3, 0.4) is 0 Å². The normalized spacial score (nSPS) is 12.5. The van der Waals surface area contributed by atoms with Crippen molar-refractivity contribution >= 4 is 5.97 Å². The molecule has 1 aliphatic carbocycles. The predicted octanol–water partition coefficient (Wildman–Crippen LogP) is 3.25. The lowest BCUT2D eigenvalue weighted by Crippen LogP contribution is -2.34. The Balaban J connectivity index is 1.75. The summed E-state index contributed by atoms with van der Waals surface area (Å²) in [5.41, 5.74) is 3.98. The number of carbonyl (C=O) groups excluding carboxylic acids is 1. The van der Waals surface area contributed by atoms with Crippen LogP contribution in [0.2, 0.25) is 0 Å². The summed E-state index contributed by atoms with van der Waals surface area (Å²) in [4.78, 5) is 12.4. The second kappa shape index (κ2) is 5.25. The Morgan fingerprint density at radius 1 is 0.870 bits per heavy atom. The van der Waals surface area contributed by atoms with Gasteiger partial charge in [0.1, 0.15) is 0 Å². The van der Waals surface area contributed by atoms with Gasteiger partial charge in [0.2, 0.25) is 0 Å². The summed E-state index contributed by atoms with van der Waals surface area (Å²) in [6.45, 7) is 0. The molecular formula is C19H13NO3. The molecule has 0 atom stereocenters. The van der Waals surface area contributed by atoms with Crippen molar-refractivity contribution in [3.05, 3.63) is 95.0 Å². The molecule has 112 valence electrons. The Morgan fingerprint density at radius 2 is 1.43 bits per heavy atom. The number of rotatable bonds is 2. The molecule has 0 unspecified atom stereocenters. The lowest BCUT2D eigenvalue weighted by Gasteiger charge is -2.14. The van der Waals surface area contributed by atoms with Gasteiger partial charge < -0.3 is 9.94 Å². The number of aromatic nitrogens is 1. The van der Waals surface area contributed by atoms with Crippen LogP contribution in [-0.2, 0) is 4.74 Å². The van der Waals surface area contributed by atoms with Crippen LogP contribution >= 0.6 is 0 Å². The van der Waals surface area contributed by atoms with Crippen molar-refractivity contribution in [3.63, 3.8) is 0 Å². The third-order valence-electron chi connectivity index (χ3n) is 4.03. The minimum Gasteiger partial charge on any atom is -0.618 e. The van der Waals surface area contributed by atoms with Crippen molar-refractivity contribution in [1.29, 1.82) is 0 Å². The average molecular weight is 303 g/mol. The van der Waals surface area contributed by atoms with Crippen molar-refractivity contribution in [3.8, 4) is 11.1 Å². The van der Waals surface area contributed by atoms with Crippen molar-refractivity contribution in [2.75, 3.05) is 0 Å². The molecular weight excluding hydrogens is 290 g/mol. The average Bonchev–Trinajstić information content (AvgIpc) is 2.90. The zero-order valence-corrected chi connectivity index (χ0v) is 12.2. The summed E-state index contributed by atoms with van der Waals surface area (Å²) in [5.74, 6) is -0.628. The Labute approximate surface area is 133 Å². The third-order valence-corrected chi connectivity index (χ3v) is 4.03. The fourth-order valence-electron chi connectivity index (χ4n) is 2.99. The molecule has 0 amide bonds. The number of nitrogens with zero attached hydrogens (tertiary/aromatic N) is 1. The molecule has 1 aromatic heterocycles. The molecule has 23 heavy (non-hydrogen) atoms. The number of hydrogen-bond acceptors (Lipinski definition) is 3. The number of fused-ring (bicyclic) bond motifs is 3. The zero-order chi connectivity index (χ0) is 15.8. The van der Waals surface area contributed by atoms with E-state index < -0.39 is 12.1 Å². The van der Waals surface area contributed by atoms with Gasteiger partial charge in [0.25, 0.3) is 0 Å². The largest absolute Gasteiger partial charge is 0.618 e. The molecule has 0 radical (unpaired) electrons. The molecule has 1 aliphatic rings. The number of benzene rings is 2. The highest BCUT2D eigenvalue weighted by molar-refractivity contribution is 5.87. The van der Waals surface area contributed by atoms with Crippen LogP contribution in [-0.4, -0.2) is 5.97 Å². The summed E-state index contributed by atoms with van der Waals surface area (Å²) in [6, 6.07) is 20.4. The van der Waals surface area contributed by atoms with Crippen molar-refractivity contribution in [2.45, 2.75) is 6.10 Å². The molecule has 4 nitrogen and oxygen atoms in total. The lowest BCUT2D eigenvalue weighted by atomic mass is 10.1. The Kier molecular flexibility index (Phi) is 3.08. The van der Waals surface area contributed by atoms with Crippen LogP contribution < -0.4 is 4.73 Å². The monoisotopic (exact) mass is 303 g/mol. The molecule has 2 aromatic carbocycles. The fraction of sp³-hybridized carbons (Fsp3) is 0.0526. The molecule has 0 saturated carbocycles. The maximum atomic E-state index is 12.4. The first-order valence-corrected chi connectivity index (χ1v) is 7.33. The number of esters is 1. The minimum atomic E-state index is -0.628. The van der Waals surface area contributed by atoms with Crippen molar-refractivity contribution in [2.24, 2.45) is 0 Å². The summed E-state index contributed by atoms with van der Waals surface area (Å²) in [7, 11) is 0. The van der Waals surface area contributed by atoms with Gasteiger partial charge in [0, 0.05) is 23.3 Å². The van der Waals surface area contributed by atoms with Gasteiger partial charge in [-0.3, -0.25) is 0 Å². The van der Waals surface area contributed by atoms with Gasteiger partial charge in [-0.15, -0.1) is 0 Å². The van der Waals surface area contributed by atoms with Crippen LogP contribution in [0.5, 0.6) is 0 Å². The second-order valence-corrected chi connectivity index (χ2v) is 5.37. The summed E-state index contributed by atoms with van der Waals surface area (Å²) in [6.07, 6.45) is 0.794. The third kappa shape index (κ3) is 2.16. The highest BCUT2D eigenvalue weighted by Crippen LogP contribution is 2.45. The van der Waals surface area contributed by atoms with Gasteiger partial charge in [-0.25, -0.2) is 4.79 Å². The SMILES string of the molecule is O=C(OC1c2ccccc2-c2ccccc21)c1cccc[n+]1[O-]. The number of hydrogen-bond donors (Lipinski definition) is 0. The first kappa shape index (κ1) is 13.5. The first-order chi connectivity index (χ1) is 11.3. The minimum absolute atomic E-state index is 0.0191. The molecule has 0 aliphatic heterocycles. The van der Waals surface area contributed by atoms with E-state index in [1.807, 2.05) is 48.5 Å². The first-order valence-electron chi connectivity index (χ1n) is 7.33. The van der Waals surface area contributed by atoms with E-state index >= 15 is 0 Å². The molecule has 0 N–H and O–H groups in total. The van der Waals surface area contributed by atoms with Crippen molar-refractivity contribution in [1.82, 2.24) is 0 Å². The molecule has 0 bridgehead atoms. The molecule has 0 fully saturated rings. The van der Waals surface area contributed by atoms with Gasteiger partial charge >= 0.3 is 11.7 Å². The van der Waals surface area contributed by atoms with Crippen LogP contribution in [0, 0.1) is 5.21 Å². The lowest BCUT2D eigenvalue weighted by molar-refractivity contribution is -0.608. The Hall–Kier alpha value is -3.14. The maximum Gasteiger partial charge on any atom is 0.405 e. The van der Waals surface area contributed by atoms with Gasteiger partial charge in [0.15, 0.2) is 12.3 Å². The van der Waals surface area contributed by atoms with Crippen LogP contribution in [0.1, 0.15) is 27.7 Å². The van der Waals surface area contributed by atoms with Crippen molar-refractivity contribution < 1.29 is 14.3 Å². The molecule has 1 heterocycles. The zero-order valence-electron chi connectivity index (χ0n) is 12.2. The van der Waals surface area contributed by atoms with Gasteiger partial charge in [-0.1, -0.05) is 48.5 Å².